The Morgan fingerprint density at radius 3 is 2.07 bits per heavy atom. The van der Waals surface area contributed by atoms with Crippen LogP contribution in [0.25, 0.3) is 0 Å². The molecule has 0 bridgehead atoms. The Morgan fingerprint density at radius 2 is 1.56 bits per heavy atom. The van der Waals surface area contributed by atoms with E-state index in [9.17, 15) is 24.9 Å². The first kappa shape index (κ1) is 38.4. The van der Waals surface area contributed by atoms with Crippen LogP contribution in [0.5, 0.6) is 0 Å². The Labute approximate surface area is 257 Å². The average molecular weight is 625 g/mol. The maximum atomic E-state index is 12.9. The third-order valence-corrected chi connectivity index (χ3v) is 9.25. The van der Waals surface area contributed by atoms with Crippen LogP contribution < -0.4 is 5.32 Å². The molecular weight excluding hydrogens is 568 g/mol. The van der Waals surface area contributed by atoms with Crippen molar-refractivity contribution in [3.05, 3.63) is 0 Å². The molecule has 2 unspecified atom stereocenters. The molecule has 2 aliphatic heterocycles. The molecule has 0 aliphatic carbocycles. The molecule has 0 spiro atoms. The Hall–Kier alpha value is -0.620. The number of likely N-dealkylation sites (N-methyl/N-ethyl adjacent to an activating group) is 1. The SMILES string of the molecule is CCCCCCCCCCCC(=O)O.CCC[C@@H]1C[C@@H](C(=O)NC(C(C)Cl)[C@H]2O[C@H](SC)[C@H](O)[C@@H](O)[C@H]2O)N(C)C1. The van der Waals surface area contributed by atoms with Crippen molar-refractivity contribution >= 4 is 35.2 Å². The number of aliphatic hydroxyl groups is 3. The molecular formula is C30H57ClN2O7S. The van der Waals surface area contributed by atoms with Gasteiger partial charge in [0.05, 0.1) is 17.5 Å². The zero-order chi connectivity index (χ0) is 30.9. The van der Waals surface area contributed by atoms with Gasteiger partial charge in [0, 0.05) is 13.0 Å². The number of carbonyl (C=O) groups is 2. The molecule has 0 saturated carbocycles. The topological polar surface area (TPSA) is 140 Å². The molecule has 0 radical (unpaired) electrons. The Balaban J connectivity index is 0.000000509. The van der Waals surface area contributed by atoms with Crippen molar-refractivity contribution in [2.75, 3.05) is 19.8 Å². The van der Waals surface area contributed by atoms with Crippen molar-refractivity contribution in [1.29, 1.82) is 0 Å². The number of carboxylic acids is 1. The van der Waals surface area contributed by atoms with Gasteiger partial charge in [0.1, 0.15) is 29.9 Å². The summed E-state index contributed by atoms with van der Waals surface area (Å²) >= 11 is 7.55. The summed E-state index contributed by atoms with van der Waals surface area (Å²) in [6, 6.07) is -0.934. The van der Waals surface area contributed by atoms with Gasteiger partial charge in [-0.3, -0.25) is 14.5 Å². The van der Waals surface area contributed by atoms with Gasteiger partial charge in [-0.1, -0.05) is 71.6 Å². The third-order valence-electron chi connectivity index (χ3n) is 8.13. The number of amides is 1. The van der Waals surface area contributed by atoms with E-state index in [1.807, 2.05) is 11.9 Å². The number of ether oxygens (including phenoxy) is 1. The fourth-order valence-corrected chi connectivity index (χ4v) is 6.59. The molecule has 2 heterocycles. The van der Waals surface area contributed by atoms with Crippen LogP contribution in [-0.2, 0) is 14.3 Å². The Bertz CT molecular complexity index is 733. The molecule has 242 valence electrons. The summed E-state index contributed by atoms with van der Waals surface area (Å²) in [6.07, 6.45) is 11.4. The summed E-state index contributed by atoms with van der Waals surface area (Å²) in [5.74, 6) is -0.310. The largest absolute Gasteiger partial charge is 0.481 e. The van der Waals surface area contributed by atoms with Crippen LogP contribution in [0.3, 0.4) is 0 Å². The van der Waals surface area contributed by atoms with Gasteiger partial charge in [0.2, 0.25) is 5.91 Å². The number of alkyl halides is 1. The molecule has 41 heavy (non-hydrogen) atoms. The van der Waals surface area contributed by atoms with Crippen LogP contribution in [-0.4, -0.2) is 104 Å². The molecule has 0 aromatic carbocycles. The number of aliphatic carboxylic acids is 1. The molecule has 5 N–H and O–H groups in total. The van der Waals surface area contributed by atoms with Crippen LogP contribution in [0.4, 0.5) is 0 Å². The summed E-state index contributed by atoms with van der Waals surface area (Å²) in [5.41, 5.74) is -0.702. The number of unbranched alkanes of at least 4 members (excludes halogenated alkanes) is 8. The summed E-state index contributed by atoms with van der Waals surface area (Å²) < 4.78 is 5.79. The third kappa shape index (κ3) is 13.7. The van der Waals surface area contributed by atoms with Crippen molar-refractivity contribution in [1.82, 2.24) is 10.2 Å². The van der Waals surface area contributed by atoms with Crippen molar-refractivity contribution in [2.45, 2.75) is 152 Å². The average Bonchev–Trinajstić information content (AvgIpc) is 3.30. The fourth-order valence-electron chi connectivity index (χ4n) is 5.70. The highest BCUT2D eigenvalue weighted by Crippen LogP contribution is 2.31. The van der Waals surface area contributed by atoms with Crippen LogP contribution in [0.2, 0.25) is 0 Å². The van der Waals surface area contributed by atoms with E-state index in [4.69, 9.17) is 21.4 Å². The number of hydrogen-bond donors (Lipinski definition) is 5. The smallest absolute Gasteiger partial charge is 0.303 e. The molecule has 9 atom stereocenters. The highest BCUT2D eigenvalue weighted by atomic mass is 35.5. The lowest BCUT2D eigenvalue weighted by Gasteiger charge is -2.44. The Kier molecular flexibility index (Phi) is 19.8. The van der Waals surface area contributed by atoms with E-state index in [2.05, 4.69) is 19.2 Å². The normalized spacial score (nSPS) is 29.8. The monoisotopic (exact) mass is 624 g/mol. The summed E-state index contributed by atoms with van der Waals surface area (Å²) in [7, 11) is 1.94. The van der Waals surface area contributed by atoms with Gasteiger partial charge in [0.25, 0.3) is 0 Å². The van der Waals surface area contributed by atoms with Gasteiger partial charge in [0.15, 0.2) is 0 Å². The first-order valence-corrected chi connectivity index (χ1v) is 17.3. The molecule has 0 aromatic rings. The van der Waals surface area contributed by atoms with Crippen molar-refractivity contribution in [3.63, 3.8) is 0 Å². The molecule has 2 rings (SSSR count). The molecule has 2 aliphatic rings. The summed E-state index contributed by atoms with van der Waals surface area (Å²) in [5, 5.41) is 41.4. The number of rotatable bonds is 17. The predicted octanol–water partition coefficient (Wildman–Crippen LogP) is 4.38. The lowest BCUT2D eigenvalue weighted by atomic mass is 9.92. The summed E-state index contributed by atoms with van der Waals surface area (Å²) in [4.78, 5) is 25.2. The predicted molar refractivity (Wildman–Crippen MR) is 166 cm³/mol. The number of hydrogen-bond acceptors (Lipinski definition) is 8. The van der Waals surface area contributed by atoms with E-state index in [0.29, 0.717) is 12.3 Å². The second-order valence-electron chi connectivity index (χ2n) is 11.7. The zero-order valence-electron chi connectivity index (χ0n) is 25.8. The zero-order valence-corrected chi connectivity index (χ0v) is 27.4. The first-order valence-electron chi connectivity index (χ1n) is 15.6. The van der Waals surface area contributed by atoms with E-state index in [1.54, 1.807) is 13.2 Å². The van der Waals surface area contributed by atoms with E-state index < -0.39 is 47.2 Å². The molecule has 9 nitrogen and oxygen atoms in total. The fraction of sp³-hybridized carbons (Fsp3) is 0.933. The van der Waals surface area contributed by atoms with Crippen LogP contribution in [0.15, 0.2) is 0 Å². The molecule has 0 aromatic heterocycles. The van der Waals surface area contributed by atoms with Gasteiger partial charge < -0.3 is 30.5 Å². The maximum Gasteiger partial charge on any atom is 0.303 e. The second kappa shape index (κ2) is 21.1. The van der Waals surface area contributed by atoms with Crippen molar-refractivity contribution < 1.29 is 34.8 Å². The number of thioether (sulfide) groups is 1. The van der Waals surface area contributed by atoms with Crippen LogP contribution in [0.1, 0.15) is 104 Å². The van der Waals surface area contributed by atoms with Gasteiger partial charge >= 0.3 is 5.97 Å². The number of nitrogens with one attached hydrogen (secondary N) is 1. The number of halogens is 1. The first-order chi connectivity index (χ1) is 19.5. The Morgan fingerprint density at radius 1 is 0.976 bits per heavy atom. The van der Waals surface area contributed by atoms with E-state index >= 15 is 0 Å². The molecule has 11 heteroatoms. The quantitative estimate of drug-likeness (QED) is 0.118. The molecule has 1 amide bonds. The minimum Gasteiger partial charge on any atom is -0.481 e. The molecule has 2 saturated heterocycles. The molecule has 2 fully saturated rings. The summed E-state index contributed by atoms with van der Waals surface area (Å²) in [6.45, 7) is 6.97. The number of likely N-dealkylation sites (tertiary alicyclic amines) is 1. The highest BCUT2D eigenvalue weighted by molar-refractivity contribution is 7.99. The van der Waals surface area contributed by atoms with Crippen molar-refractivity contribution in [3.8, 4) is 0 Å². The minimum absolute atomic E-state index is 0.147. The number of carbonyl (C=O) groups excluding carboxylic acids is 1. The lowest BCUT2D eigenvalue weighted by Crippen LogP contribution is -2.65. The number of aliphatic hydroxyl groups excluding tert-OH is 3. The van der Waals surface area contributed by atoms with Crippen molar-refractivity contribution in [2.24, 2.45) is 5.92 Å². The standard InChI is InChI=1S/C18H33ClN2O5S.C12H24O2/c1-5-6-10-7-11(21(3)8-10)17(25)20-12(9(2)19)16-14(23)13(22)15(24)18(26-16)27-4;1-2-3-4-5-6-7-8-9-10-11-12(13)14/h9-16,18,22-24H,5-8H2,1-4H3,(H,20,25);2-11H2,1H3,(H,13,14)/t9?,10-,11+,12?,13+,14-,15-,16-,18-;/m1./s1. The minimum atomic E-state index is -1.36. The van der Waals surface area contributed by atoms with Gasteiger partial charge in [-0.05, 0) is 45.4 Å². The maximum absolute atomic E-state index is 12.9. The van der Waals surface area contributed by atoms with Gasteiger partial charge in [-0.15, -0.1) is 23.4 Å². The van der Waals surface area contributed by atoms with E-state index in [0.717, 1.165) is 38.6 Å². The lowest BCUT2D eigenvalue weighted by molar-refractivity contribution is -0.205. The van der Waals surface area contributed by atoms with E-state index in [-0.39, 0.29) is 11.9 Å². The highest BCUT2D eigenvalue weighted by Gasteiger charge is 2.48. The van der Waals surface area contributed by atoms with Gasteiger partial charge in [-0.25, -0.2) is 0 Å². The second-order valence-corrected chi connectivity index (χ2v) is 13.3. The van der Waals surface area contributed by atoms with Crippen LogP contribution in [0, 0.1) is 5.92 Å². The van der Waals surface area contributed by atoms with E-state index in [1.165, 1.54) is 56.7 Å². The number of nitrogens with zero attached hydrogens (tertiary/aromatic N) is 1. The number of carboxylic acid groups (broad SMARTS) is 1. The van der Waals surface area contributed by atoms with Crippen LogP contribution >= 0.6 is 23.4 Å². The van der Waals surface area contributed by atoms with Gasteiger partial charge in [-0.2, -0.15) is 0 Å².